The van der Waals surface area contributed by atoms with E-state index in [1.54, 1.807) is 0 Å². The maximum atomic E-state index is 8.99. The summed E-state index contributed by atoms with van der Waals surface area (Å²) < 4.78 is 5.76. The molecular formula is C16H20ClN3O. The normalized spacial score (nSPS) is 20.6. The fourth-order valence-corrected chi connectivity index (χ4v) is 3.36. The van der Waals surface area contributed by atoms with Gasteiger partial charge < -0.3 is 4.74 Å². The lowest BCUT2D eigenvalue weighted by Crippen LogP contribution is -2.48. The van der Waals surface area contributed by atoms with Crippen LogP contribution >= 0.6 is 11.6 Å². The molecule has 3 rings (SSSR count). The Morgan fingerprint density at radius 3 is 2.81 bits per heavy atom. The molecule has 0 amide bonds. The molecule has 1 aromatic rings. The molecule has 0 bridgehead atoms. The van der Waals surface area contributed by atoms with Gasteiger partial charge in [-0.05, 0) is 24.6 Å². The molecule has 1 fully saturated rings. The summed E-state index contributed by atoms with van der Waals surface area (Å²) in [5.41, 5.74) is 2.42. The SMILES string of the molecule is CC(C#N)N1CCN(Cc2cc(Cl)cc3c2OCC3)CC1. The third-order valence-electron chi connectivity index (χ3n) is 4.36. The Labute approximate surface area is 130 Å². The van der Waals surface area contributed by atoms with E-state index in [2.05, 4.69) is 15.9 Å². The number of nitrogens with zero attached hydrogens (tertiary/aromatic N) is 3. The maximum Gasteiger partial charge on any atom is 0.127 e. The fourth-order valence-electron chi connectivity index (χ4n) is 3.09. The van der Waals surface area contributed by atoms with Crippen molar-refractivity contribution in [3.05, 3.63) is 28.3 Å². The van der Waals surface area contributed by atoms with Gasteiger partial charge in [-0.25, -0.2) is 0 Å². The summed E-state index contributed by atoms with van der Waals surface area (Å²) in [5.74, 6) is 1.03. The smallest absolute Gasteiger partial charge is 0.127 e. The van der Waals surface area contributed by atoms with Crippen LogP contribution in [-0.4, -0.2) is 48.6 Å². The minimum Gasteiger partial charge on any atom is -0.493 e. The summed E-state index contributed by atoms with van der Waals surface area (Å²) in [5, 5.41) is 9.79. The first-order chi connectivity index (χ1) is 10.2. The highest BCUT2D eigenvalue weighted by molar-refractivity contribution is 6.30. The first-order valence-electron chi connectivity index (χ1n) is 7.47. The third kappa shape index (κ3) is 3.16. The van der Waals surface area contributed by atoms with E-state index in [4.69, 9.17) is 21.6 Å². The van der Waals surface area contributed by atoms with Crippen LogP contribution < -0.4 is 4.74 Å². The number of ether oxygens (including phenoxy) is 1. The van der Waals surface area contributed by atoms with Crippen molar-refractivity contribution in [2.45, 2.75) is 25.9 Å². The number of piperazine rings is 1. The van der Waals surface area contributed by atoms with Gasteiger partial charge in [-0.1, -0.05) is 11.6 Å². The van der Waals surface area contributed by atoms with Gasteiger partial charge in [-0.3, -0.25) is 9.80 Å². The molecule has 5 heteroatoms. The molecule has 0 spiro atoms. The van der Waals surface area contributed by atoms with E-state index in [1.165, 1.54) is 11.1 Å². The van der Waals surface area contributed by atoms with E-state index < -0.39 is 0 Å². The maximum absolute atomic E-state index is 8.99. The number of rotatable bonds is 3. The van der Waals surface area contributed by atoms with Crippen molar-refractivity contribution < 1.29 is 4.74 Å². The zero-order valence-corrected chi connectivity index (χ0v) is 13.1. The largest absolute Gasteiger partial charge is 0.493 e. The van der Waals surface area contributed by atoms with Crippen molar-refractivity contribution >= 4 is 11.6 Å². The summed E-state index contributed by atoms with van der Waals surface area (Å²) in [4.78, 5) is 4.64. The lowest BCUT2D eigenvalue weighted by atomic mass is 10.1. The van der Waals surface area contributed by atoms with Crippen molar-refractivity contribution in [2.24, 2.45) is 0 Å². The van der Waals surface area contributed by atoms with Crippen molar-refractivity contribution in [1.29, 1.82) is 5.26 Å². The number of hydrogen-bond donors (Lipinski definition) is 0. The predicted molar refractivity (Wildman–Crippen MR) is 82.6 cm³/mol. The number of nitriles is 1. The van der Waals surface area contributed by atoms with Crippen LogP contribution in [0.15, 0.2) is 12.1 Å². The molecule has 4 nitrogen and oxygen atoms in total. The molecule has 1 aromatic carbocycles. The molecule has 2 heterocycles. The van der Waals surface area contributed by atoms with Crippen LogP contribution in [0.5, 0.6) is 5.75 Å². The minimum absolute atomic E-state index is 0.00546. The topological polar surface area (TPSA) is 39.5 Å². The molecule has 112 valence electrons. The highest BCUT2D eigenvalue weighted by atomic mass is 35.5. The average Bonchev–Trinajstić information content (AvgIpc) is 2.95. The Hall–Kier alpha value is -1.28. The van der Waals surface area contributed by atoms with Crippen molar-refractivity contribution in [2.75, 3.05) is 32.8 Å². The van der Waals surface area contributed by atoms with Crippen LogP contribution in [-0.2, 0) is 13.0 Å². The fraction of sp³-hybridized carbons (Fsp3) is 0.562. The van der Waals surface area contributed by atoms with Gasteiger partial charge in [0.25, 0.3) is 0 Å². The highest BCUT2D eigenvalue weighted by Gasteiger charge is 2.23. The Balaban J connectivity index is 1.65. The molecule has 2 aliphatic heterocycles. The molecule has 2 aliphatic rings. The highest BCUT2D eigenvalue weighted by Crippen LogP contribution is 2.33. The third-order valence-corrected chi connectivity index (χ3v) is 4.58. The zero-order valence-electron chi connectivity index (χ0n) is 12.3. The Kier molecular flexibility index (Phi) is 4.34. The molecule has 1 atom stereocenters. The second kappa shape index (κ2) is 6.23. The Bertz CT molecular complexity index is 561. The average molecular weight is 306 g/mol. The molecule has 0 saturated carbocycles. The molecular weight excluding hydrogens is 286 g/mol. The van der Waals surface area contributed by atoms with E-state index >= 15 is 0 Å². The summed E-state index contributed by atoms with van der Waals surface area (Å²) >= 11 is 6.21. The van der Waals surface area contributed by atoms with Crippen molar-refractivity contribution in [3.8, 4) is 11.8 Å². The van der Waals surface area contributed by atoms with E-state index in [-0.39, 0.29) is 6.04 Å². The van der Waals surface area contributed by atoms with E-state index in [0.717, 1.165) is 56.5 Å². The summed E-state index contributed by atoms with van der Waals surface area (Å²) in [6.45, 7) is 7.44. The summed E-state index contributed by atoms with van der Waals surface area (Å²) in [6.07, 6.45) is 0.955. The van der Waals surface area contributed by atoms with E-state index in [1.807, 2.05) is 19.1 Å². The van der Waals surface area contributed by atoms with Gasteiger partial charge in [0, 0.05) is 49.7 Å². The first-order valence-corrected chi connectivity index (χ1v) is 7.85. The number of hydrogen-bond acceptors (Lipinski definition) is 4. The zero-order chi connectivity index (χ0) is 14.8. The Morgan fingerprint density at radius 1 is 1.33 bits per heavy atom. The molecule has 0 N–H and O–H groups in total. The van der Waals surface area contributed by atoms with Gasteiger partial charge in [0.1, 0.15) is 5.75 Å². The lowest BCUT2D eigenvalue weighted by Gasteiger charge is -2.36. The first kappa shape index (κ1) is 14.6. The van der Waals surface area contributed by atoms with E-state index in [9.17, 15) is 0 Å². The van der Waals surface area contributed by atoms with Crippen LogP contribution in [0.3, 0.4) is 0 Å². The molecule has 21 heavy (non-hydrogen) atoms. The number of fused-ring (bicyclic) bond motifs is 1. The van der Waals surface area contributed by atoms with Crippen LogP contribution in [0.25, 0.3) is 0 Å². The monoisotopic (exact) mass is 305 g/mol. The van der Waals surface area contributed by atoms with Gasteiger partial charge in [0.15, 0.2) is 0 Å². The van der Waals surface area contributed by atoms with Crippen LogP contribution in [0, 0.1) is 11.3 Å². The summed E-state index contributed by atoms with van der Waals surface area (Å²) in [6, 6.07) is 6.35. The van der Waals surface area contributed by atoms with Crippen molar-refractivity contribution in [3.63, 3.8) is 0 Å². The van der Waals surface area contributed by atoms with Crippen LogP contribution in [0.1, 0.15) is 18.1 Å². The molecule has 0 aromatic heterocycles. The quantitative estimate of drug-likeness (QED) is 0.859. The van der Waals surface area contributed by atoms with E-state index in [0.29, 0.717) is 0 Å². The van der Waals surface area contributed by atoms with Gasteiger partial charge in [0.05, 0.1) is 18.7 Å². The standard InChI is InChI=1S/C16H20ClN3O/c1-12(10-18)20-5-3-19(4-6-20)11-14-9-15(17)8-13-2-7-21-16(13)14/h8-9,12H,2-7,11H2,1H3. The van der Waals surface area contributed by atoms with Gasteiger partial charge in [0.2, 0.25) is 0 Å². The second-order valence-electron chi connectivity index (χ2n) is 5.77. The van der Waals surface area contributed by atoms with Gasteiger partial charge in [-0.2, -0.15) is 5.26 Å². The molecule has 1 saturated heterocycles. The van der Waals surface area contributed by atoms with Crippen molar-refractivity contribution in [1.82, 2.24) is 9.80 Å². The minimum atomic E-state index is 0.00546. The number of halogens is 1. The van der Waals surface area contributed by atoms with Gasteiger partial charge >= 0.3 is 0 Å². The Morgan fingerprint density at radius 2 is 2.10 bits per heavy atom. The number of benzene rings is 1. The molecule has 1 unspecified atom stereocenters. The lowest BCUT2D eigenvalue weighted by molar-refractivity contribution is 0.114. The van der Waals surface area contributed by atoms with Gasteiger partial charge in [-0.15, -0.1) is 0 Å². The molecule has 0 radical (unpaired) electrons. The second-order valence-corrected chi connectivity index (χ2v) is 6.21. The summed E-state index contributed by atoms with van der Waals surface area (Å²) in [7, 11) is 0. The predicted octanol–water partition coefficient (Wildman–Crippen LogP) is 2.30. The molecule has 0 aliphatic carbocycles. The van der Waals surface area contributed by atoms with Crippen LogP contribution in [0.4, 0.5) is 0 Å². The van der Waals surface area contributed by atoms with Crippen LogP contribution in [0.2, 0.25) is 5.02 Å².